The van der Waals surface area contributed by atoms with Gasteiger partial charge in [0.25, 0.3) is 0 Å². The molecular weight excluding hydrogens is 318 g/mol. The van der Waals surface area contributed by atoms with Gasteiger partial charge in [-0.2, -0.15) is 0 Å². The van der Waals surface area contributed by atoms with Gasteiger partial charge in [-0.05, 0) is 40.3 Å². The summed E-state index contributed by atoms with van der Waals surface area (Å²) in [5, 5.41) is 0. The number of hydrogen-bond acceptors (Lipinski definition) is 1. The van der Waals surface area contributed by atoms with Gasteiger partial charge < -0.3 is 4.74 Å². The second kappa shape index (κ2) is 6.98. The average molecular weight is 339 g/mol. The molecule has 1 nitrogen and oxygen atoms in total. The summed E-state index contributed by atoms with van der Waals surface area (Å²) in [6.45, 7) is 6.13. The van der Waals surface area contributed by atoms with Crippen LogP contribution in [0.5, 0.6) is 0 Å². The number of hydrogen-bond donors (Lipinski definition) is 0. The molecule has 1 atom stereocenters. The summed E-state index contributed by atoms with van der Waals surface area (Å²) in [7, 11) is 1.62. The Balaban J connectivity index is 2.71. The first-order chi connectivity index (χ1) is 10.8. The van der Waals surface area contributed by atoms with E-state index in [0.717, 1.165) is 23.3 Å². The molecule has 2 rings (SSSR count). The van der Waals surface area contributed by atoms with Crippen molar-refractivity contribution in [3.63, 3.8) is 0 Å². The summed E-state index contributed by atoms with van der Waals surface area (Å²) < 4.78 is 33.5. The van der Waals surface area contributed by atoms with Crippen molar-refractivity contribution in [2.45, 2.75) is 32.8 Å². The minimum atomic E-state index is -0.474. The van der Waals surface area contributed by atoms with E-state index in [1.807, 2.05) is 32.9 Å². The topological polar surface area (TPSA) is 9.23 Å². The van der Waals surface area contributed by atoms with E-state index in [1.54, 1.807) is 13.2 Å². The van der Waals surface area contributed by atoms with E-state index < -0.39 is 11.6 Å². The Kier molecular flexibility index (Phi) is 5.43. The van der Waals surface area contributed by atoms with Crippen LogP contribution in [-0.4, -0.2) is 7.11 Å². The number of benzene rings is 2. The van der Waals surface area contributed by atoms with E-state index in [0.29, 0.717) is 11.4 Å². The van der Waals surface area contributed by atoms with Crippen LogP contribution in [0, 0.1) is 17.0 Å². The Bertz CT molecular complexity index is 692. The molecule has 0 aliphatic rings. The number of methoxy groups -OCH3 is 1. The molecule has 2 aromatic rings. The zero-order chi connectivity index (χ0) is 17.2. The lowest BCUT2D eigenvalue weighted by atomic mass is 9.81. The Morgan fingerprint density at radius 3 is 2.30 bits per heavy atom. The van der Waals surface area contributed by atoms with Gasteiger partial charge in [-0.25, -0.2) is 8.78 Å². The van der Waals surface area contributed by atoms with Gasteiger partial charge in [0.1, 0.15) is 11.6 Å². The van der Waals surface area contributed by atoms with Crippen molar-refractivity contribution in [3.05, 3.63) is 59.2 Å². The molecule has 0 aromatic heterocycles. The monoisotopic (exact) mass is 338 g/mol. The maximum absolute atomic E-state index is 14.2. The van der Waals surface area contributed by atoms with Gasteiger partial charge in [-0.1, -0.05) is 39.0 Å². The fourth-order valence-electron chi connectivity index (χ4n) is 2.81. The molecule has 0 heterocycles. The molecule has 2 aromatic carbocycles. The van der Waals surface area contributed by atoms with Crippen molar-refractivity contribution in [2.75, 3.05) is 7.11 Å². The van der Waals surface area contributed by atoms with E-state index in [-0.39, 0.29) is 17.1 Å². The van der Waals surface area contributed by atoms with Crippen LogP contribution >= 0.6 is 11.6 Å². The smallest absolute Gasteiger partial charge is 0.131 e. The van der Waals surface area contributed by atoms with Gasteiger partial charge in [0.05, 0.1) is 6.10 Å². The van der Waals surface area contributed by atoms with E-state index >= 15 is 0 Å². The Labute approximate surface area is 141 Å². The van der Waals surface area contributed by atoms with Gasteiger partial charge in [-0.3, -0.25) is 0 Å². The van der Waals surface area contributed by atoms with Crippen molar-refractivity contribution >= 4 is 11.6 Å². The lowest BCUT2D eigenvalue weighted by molar-refractivity contribution is 0.0155. The molecule has 0 aliphatic carbocycles. The van der Waals surface area contributed by atoms with Crippen LogP contribution in [0.2, 0.25) is 0 Å². The molecule has 124 valence electrons. The lowest BCUT2D eigenvalue weighted by Crippen LogP contribution is -2.21. The second-order valence-electron chi connectivity index (χ2n) is 6.66. The molecule has 0 saturated carbocycles. The van der Waals surface area contributed by atoms with Crippen LogP contribution in [0.3, 0.4) is 0 Å². The molecule has 23 heavy (non-hydrogen) atoms. The van der Waals surface area contributed by atoms with Crippen molar-refractivity contribution < 1.29 is 13.5 Å². The first-order valence-electron chi connectivity index (χ1n) is 7.45. The third-order valence-corrected chi connectivity index (χ3v) is 4.10. The molecule has 0 spiro atoms. The summed E-state index contributed by atoms with van der Waals surface area (Å²) in [5.41, 5.74) is 2.36. The van der Waals surface area contributed by atoms with Gasteiger partial charge in [0, 0.05) is 18.6 Å². The summed E-state index contributed by atoms with van der Waals surface area (Å²) in [6, 6.07) is 8.98. The molecule has 0 saturated heterocycles. The third-order valence-electron chi connectivity index (χ3n) is 3.79. The van der Waals surface area contributed by atoms with Crippen molar-refractivity contribution in [3.8, 4) is 11.1 Å². The van der Waals surface area contributed by atoms with Crippen molar-refractivity contribution in [2.24, 2.45) is 5.41 Å². The Hall–Kier alpha value is -1.45. The lowest BCUT2D eigenvalue weighted by Gasteiger charge is -2.31. The van der Waals surface area contributed by atoms with Crippen LogP contribution in [0.15, 0.2) is 36.4 Å². The Morgan fingerprint density at radius 2 is 1.74 bits per heavy atom. The fourth-order valence-corrected chi connectivity index (χ4v) is 2.97. The van der Waals surface area contributed by atoms with Gasteiger partial charge >= 0.3 is 0 Å². The SMILES string of the molecule is CO[C@H](c1cc(CCl)ccc1-c1cc(F)ccc1F)C(C)(C)C. The van der Waals surface area contributed by atoms with E-state index in [4.69, 9.17) is 16.3 Å². The van der Waals surface area contributed by atoms with Crippen LogP contribution in [0.4, 0.5) is 8.78 Å². The normalized spacial score (nSPS) is 13.2. The number of alkyl halides is 1. The number of rotatable bonds is 4. The maximum Gasteiger partial charge on any atom is 0.131 e. The highest BCUT2D eigenvalue weighted by atomic mass is 35.5. The van der Waals surface area contributed by atoms with Crippen LogP contribution < -0.4 is 0 Å². The van der Waals surface area contributed by atoms with Crippen LogP contribution in [0.1, 0.15) is 38.0 Å². The number of halogens is 3. The van der Waals surface area contributed by atoms with Crippen LogP contribution in [-0.2, 0) is 10.6 Å². The summed E-state index contributed by atoms with van der Waals surface area (Å²) in [6.07, 6.45) is -0.275. The van der Waals surface area contributed by atoms with E-state index in [2.05, 4.69) is 0 Å². The second-order valence-corrected chi connectivity index (χ2v) is 6.93. The summed E-state index contributed by atoms with van der Waals surface area (Å²) >= 11 is 5.94. The molecular formula is C19H21ClF2O. The highest BCUT2D eigenvalue weighted by Crippen LogP contribution is 2.41. The van der Waals surface area contributed by atoms with Gasteiger partial charge in [-0.15, -0.1) is 11.6 Å². The van der Waals surface area contributed by atoms with Crippen LogP contribution in [0.25, 0.3) is 11.1 Å². The molecule has 0 fully saturated rings. The largest absolute Gasteiger partial charge is 0.376 e. The molecule has 0 bridgehead atoms. The first kappa shape index (κ1) is 17.9. The standard InChI is InChI=1S/C19H21ClF2O/c1-19(2,3)18(23-4)16-9-12(11-20)5-7-14(16)15-10-13(21)6-8-17(15)22/h5-10,18H,11H2,1-4H3/t18-/m1/s1. The van der Waals surface area contributed by atoms with E-state index in [9.17, 15) is 8.78 Å². The van der Waals surface area contributed by atoms with Crippen molar-refractivity contribution in [1.29, 1.82) is 0 Å². The minimum Gasteiger partial charge on any atom is -0.376 e. The molecule has 0 aliphatic heterocycles. The summed E-state index contributed by atoms with van der Waals surface area (Å²) in [5.74, 6) is -0.590. The summed E-state index contributed by atoms with van der Waals surface area (Å²) in [4.78, 5) is 0. The van der Waals surface area contributed by atoms with Gasteiger partial charge in [0.2, 0.25) is 0 Å². The molecule has 0 N–H and O–H groups in total. The first-order valence-corrected chi connectivity index (χ1v) is 7.98. The average Bonchev–Trinajstić information content (AvgIpc) is 2.49. The quantitative estimate of drug-likeness (QED) is 0.611. The predicted octanol–water partition coefficient (Wildman–Crippen LogP) is 6.10. The Morgan fingerprint density at radius 1 is 1.04 bits per heavy atom. The zero-order valence-electron chi connectivity index (χ0n) is 13.8. The highest BCUT2D eigenvalue weighted by molar-refractivity contribution is 6.17. The highest BCUT2D eigenvalue weighted by Gasteiger charge is 2.29. The third kappa shape index (κ3) is 3.91. The molecule has 0 amide bonds. The van der Waals surface area contributed by atoms with Gasteiger partial charge in [0.15, 0.2) is 0 Å². The van der Waals surface area contributed by atoms with Crippen molar-refractivity contribution in [1.82, 2.24) is 0 Å². The minimum absolute atomic E-state index is 0.210. The molecule has 0 radical (unpaired) electrons. The maximum atomic E-state index is 14.2. The molecule has 0 unspecified atom stereocenters. The van der Waals surface area contributed by atoms with E-state index in [1.165, 1.54) is 6.07 Å². The number of ether oxygens (including phenoxy) is 1. The fraction of sp³-hybridized carbons (Fsp3) is 0.368. The zero-order valence-corrected chi connectivity index (χ0v) is 14.5. The molecule has 4 heteroatoms. The predicted molar refractivity (Wildman–Crippen MR) is 90.6 cm³/mol.